The molecule has 11 heteroatoms. The van der Waals surface area contributed by atoms with Crippen molar-refractivity contribution in [2.24, 2.45) is 0 Å². The fraction of sp³-hybridized carbons (Fsp3) is 0.486. The largest absolute Gasteiger partial charge is 0.460 e. The summed E-state index contributed by atoms with van der Waals surface area (Å²) in [6.07, 6.45) is 9.71. The molecule has 2 unspecified atom stereocenters. The third-order valence-corrected chi connectivity index (χ3v) is 12.8. The molecule has 1 saturated heterocycles. The van der Waals surface area contributed by atoms with Crippen LogP contribution in [0.4, 0.5) is 5.69 Å². The second-order valence-corrected chi connectivity index (χ2v) is 14.9. The van der Waals surface area contributed by atoms with Gasteiger partial charge in [0, 0.05) is 66.5 Å². The molecule has 2 aromatic rings. The molecule has 1 N–H and O–H groups in total. The van der Waals surface area contributed by atoms with E-state index in [1.54, 1.807) is 7.05 Å². The molecule has 0 saturated carbocycles. The highest BCUT2D eigenvalue weighted by molar-refractivity contribution is 6.53. The Balaban J connectivity index is 1.36. The van der Waals surface area contributed by atoms with Crippen molar-refractivity contribution in [3.63, 3.8) is 0 Å². The van der Waals surface area contributed by atoms with Gasteiger partial charge < -0.3 is 19.7 Å². The Morgan fingerprint density at radius 1 is 1.00 bits per heavy atom. The van der Waals surface area contributed by atoms with Crippen LogP contribution in [0, 0.1) is 0 Å². The van der Waals surface area contributed by atoms with Crippen LogP contribution in [0.15, 0.2) is 29.0 Å². The summed E-state index contributed by atoms with van der Waals surface area (Å²) in [4.78, 5) is 30.9. The van der Waals surface area contributed by atoms with E-state index in [1.807, 2.05) is 0 Å². The van der Waals surface area contributed by atoms with Crippen LogP contribution in [0.3, 0.4) is 0 Å². The lowest BCUT2D eigenvalue weighted by Crippen LogP contribution is -2.54. The van der Waals surface area contributed by atoms with Crippen LogP contribution in [0.5, 0.6) is 5.75 Å². The molecule has 8 rings (SSSR count). The van der Waals surface area contributed by atoms with E-state index in [0.29, 0.717) is 18.4 Å². The number of anilines is 1. The molecule has 7 nitrogen and oxygen atoms in total. The normalized spacial score (nSPS) is 26.0. The van der Waals surface area contributed by atoms with E-state index in [-0.39, 0.29) is 37.1 Å². The lowest BCUT2D eigenvalue weighted by Gasteiger charge is -2.52. The summed E-state index contributed by atoms with van der Waals surface area (Å²) >= 11 is 27.1. The third kappa shape index (κ3) is 4.21. The maximum absolute atomic E-state index is 14.0. The number of nitrogens with one attached hydrogen (secondary N) is 1. The monoisotopic (exact) mass is 701 g/mol. The predicted molar refractivity (Wildman–Crippen MR) is 181 cm³/mol. The SMILES string of the molecule is CNC(=O)CCCN1CCCC2=CC3=C(CC21C)Oc1c(cc2c4c1CCCN4CCC2)C31OC(=O)c2c(Cl)c(Cl)c(Cl)c(Cl)c21. The average molecular weight is 703 g/mol. The molecule has 1 fully saturated rings. The molecular formula is C35H35Cl4N3O4. The van der Waals surface area contributed by atoms with Crippen LogP contribution in [-0.4, -0.2) is 55.5 Å². The fourth-order valence-corrected chi connectivity index (χ4v) is 9.91. The van der Waals surface area contributed by atoms with Crippen molar-refractivity contribution in [2.75, 3.05) is 38.1 Å². The summed E-state index contributed by atoms with van der Waals surface area (Å²) in [5, 5.41) is 3.07. The molecule has 0 aromatic heterocycles. The van der Waals surface area contributed by atoms with Crippen LogP contribution in [0.2, 0.25) is 20.1 Å². The van der Waals surface area contributed by atoms with Gasteiger partial charge in [0.2, 0.25) is 5.91 Å². The van der Waals surface area contributed by atoms with E-state index < -0.39 is 11.6 Å². The summed E-state index contributed by atoms with van der Waals surface area (Å²) in [6, 6.07) is 2.17. The quantitative estimate of drug-likeness (QED) is 0.200. The minimum Gasteiger partial charge on any atom is -0.460 e. The van der Waals surface area contributed by atoms with E-state index in [0.717, 1.165) is 99.3 Å². The molecular weight excluding hydrogens is 668 g/mol. The number of likely N-dealkylation sites (tertiary alicyclic amines) is 1. The van der Waals surface area contributed by atoms with Gasteiger partial charge in [0.25, 0.3) is 0 Å². The lowest BCUT2D eigenvalue weighted by molar-refractivity contribution is -0.120. The molecule has 2 aromatic carbocycles. The van der Waals surface area contributed by atoms with Gasteiger partial charge in [0.1, 0.15) is 11.5 Å². The number of aryl methyl sites for hydroxylation is 1. The first-order chi connectivity index (χ1) is 22.1. The van der Waals surface area contributed by atoms with Crippen molar-refractivity contribution in [2.45, 2.75) is 75.9 Å². The number of rotatable bonds is 4. The van der Waals surface area contributed by atoms with Crippen molar-refractivity contribution < 1.29 is 19.1 Å². The molecule has 6 aliphatic rings. The van der Waals surface area contributed by atoms with Crippen molar-refractivity contribution in [3.8, 4) is 5.75 Å². The number of nitrogens with zero attached hydrogens (tertiary/aromatic N) is 2. The molecule has 5 aliphatic heterocycles. The van der Waals surface area contributed by atoms with Crippen molar-refractivity contribution in [1.29, 1.82) is 0 Å². The highest BCUT2D eigenvalue weighted by Gasteiger charge is 2.60. The Labute approximate surface area is 288 Å². The molecule has 1 spiro atoms. The Bertz CT molecular complexity index is 1800. The van der Waals surface area contributed by atoms with Crippen LogP contribution >= 0.6 is 46.4 Å². The maximum Gasteiger partial charge on any atom is 0.341 e. The average Bonchev–Trinajstić information content (AvgIpc) is 3.36. The van der Waals surface area contributed by atoms with Crippen LogP contribution < -0.4 is 15.0 Å². The van der Waals surface area contributed by atoms with Gasteiger partial charge in [0.05, 0.1) is 25.7 Å². The van der Waals surface area contributed by atoms with Crippen molar-refractivity contribution >= 4 is 64.0 Å². The summed E-state index contributed by atoms with van der Waals surface area (Å²) in [6.45, 7) is 6.00. The number of carbonyl (C=O) groups excluding carboxylic acids is 2. The van der Waals surface area contributed by atoms with Gasteiger partial charge in [-0.1, -0.05) is 46.4 Å². The standard InChI is InChI=1S/C35H35Cl4N3O4/c1-34-17-23-21(16-19(34)8-4-13-42(34)14-6-10-24(43)40-2)35(26-25(33(44)46-35)27(36)29(38)30(39)28(26)37)22-15-18-7-3-11-41-12-5-9-20(31(18)41)32(22)45-23/h15-16H,3-14,17H2,1-2H3,(H,40,43). The van der Waals surface area contributed by atoms with E-state index in [9.17, 15) is 9.59 Å². The summed E-state index contributed by atoms with van der Waals surface area (Å²) in [5.41, 5.74) is 5.26. The Morgan fingerprint density at radius 2 is 1.74 bits per heavy atom. The van der Waals surface area contributed by atoms with E-state index in [2.05, 4.69) is 34.2 Å². The summed E-state index contributed by atoms with van der Waals surface area (Å²) in [5.74, 6) is 0.952. The topological polar surface area (TPSA) is 71.1 Å². The van der Waals surface area contributed by atoms with Gasteiger partial charge in [-0.25, -0.2) is 4.79 Å². The van der Waals surface area contributed by atoms with Gasteiger partial charge >= 0.3 is 5.97 Å². The van der Waals surface area contributed by atoms with E-state index in [4.69, 9.17) is 55.9 Å². The number of carbonyl (C=O) groups is 2. The van der Waals surface area contributed by atoms with Gasteiger partial charge in [-0.15, -0.1) is 0 Å². The minimum absolute atomic E-state index is 0.0352. The zero-order valence-electron chi connectivity index (χ0n) is 25.9. The number of hydrogen-bond acceptors (Lipinski definition) is 6. The Hall–Kier alpha value is -2.42. The molecule has 1 aliphatic carbocycles. The van der Waals surface area contributed by atoms with Crippen LogP contribution in [0.25, 0.3) is 0 Å². The van der Waals surface area contributed by atoms with Crippen LogP contribution in [0.1, 0.15) is 84.5 Å². The molecule has 5 heterocycles. The molecule has 0 bridgehead atoms. The first-order valence-corrected chi connectivity index (χ1v) is 17.7. The van der Waals surface area contributed by atoms with E-state index in [1.165, 1.54) is 16.8 Å². The first-order valence-electron chi connectivity index (χ1n) is 16.2. The Morgan fingerprint density at radius 3 is 2.52 bits per heavy atom. The zero-order valence-corrected chi connectivity index (χ0v) is 28.9. The lowest BCUT2D eigenvalue weighted by atomic mass is 9.68. The molecule has 242 valence electrons. The second-order valence-electron chi connectivity index (χ2n) is 13.4. The Kier molecular flexibility index (Phi) is 7.43. The van der Waals surface area contributed by atoms with Crippen molar-refractivity contribution in [1.82, 2.24) is 10.2 Å². The number of ether oxygens (including phenoxy) is 2. The third-order valence-electron chi connectivity index (χ3n) is 11.0. The highest BCUT2D eigenvalue weighted by atomic mass is 35.5. The number of amides is 1. The zero-order chi connectivity index (χ0) is 32.1. The minimum atomic E-state index is -1.40. The number of fused-ring (bicyclic) bond motifs is 7. The number of halogens is 4. The summed E-state index contributed by atoms with van der Waals surface area (Å²) in [7, 11) is 1.67. The molecule has 1 amide bonds. The van der Waals surface area contributed by atoms with Gasteiger partial charge in [-0.05, 0) is 88.2 Å². The highest BCUT2D eigenvalue weighted by Crippen LogP contribution is 2.63. The molecule has 2 atom stereocenters. The first kappa shape index (κ1) is 30.9. The second kappa shape index (κ2) is 11.1. The van der Waals surface area contributed by atoms with Gasteiger partial charge in [-0.3, -0.25) is 9.69 Å². The van der Waals surface area contributed by atoms with Crippen LogP contribution in [-0.2, 0) is 28.0 Å². The van der Waals surface area contributed by atoms with Gasteiger partial charge in [0.15, 0.2) is 5.60 Å². The number of benzene rings is 2. The summed E-state index contributed by atoms with van der Waals surface area (Å²) < 4.78 is 13.7. The van der Waals surface area contributed by atoms with Crippen molar-refractivity contribution in [3.05, 3.63) is 77.0 Å². The van der Waals surface area contributed by atoms with E-state index >= 15 is 0 Å². The smallest absolute Gasteiger partial charge is 0.341 e. The predicted octanol–water partition coefficient (Wildman–Crippen LogP) is 7.77. The number of esters is 1. The molecule has 0 radical (unpaired) electrons. The van der Waals surface area contributed by atoms with Gasteiger partial charge in [-0.2, -0.15) is 0 Å². The number of piperidine rings is 1. The maximum atomic E-state index is 14.0. The number of hydrogen-bond donors (Lipinski definition) is 1. The fourth-order valence-electron chi connectivity index (χ4n) is 8.85. The molecule has 46 heavy (non-hydrogen) atoms.